The predicted molar refractivity (Wildman–Crippen MR) is 98.0 cm³/mol. The van der Waals surface area contributed by atoms with Gasteiger partial charge in [0.05, 0.1) is 15.9 Å². The van der Waals surface area contributed by atoms with Crippen LogP contribution in [0.25, 0.3) is 21.7 Å². The Morgan fingerprint density at radius 2 is 1.79 bits per heavy atom. The molecule has 2 heterocycles. The Morgan fingerprint density at radius 1 is 1.00 bits per heavy atom. The van der Waals surface area contributed by atoms with Gasteiger partial charge in [0, 0.05) is 17.5 Å². The second kappa shape index (κ2) is 5.87. The van der Waals surface area contributed by atoms with Gasteiger partial charge in [0.25, 0.3) is 0 Å². The lowest BCUT2D eigenvalue weighted by Crippen LogP contribution is -2.01. The van der Waals surface area contributed by atoms with E-state index in [1.54, 1.807) is 11.3 Å². The summed E-state index contributed by atoms with van der Waals surface area (Å²) in [6.07, 6.45) is 0. The molecular weight excluding hydrogens is 319 g/mol. The van der Waals surface area contributed by atoms with Crippen LogP contribution in [0, 0.1) is 19.7 Å². The fourth-order valence-corrected chi connectivity index (χ4v) is 3.75. The number of hydrogen-bond donors (Lipinski definition) is 0. The first-order valence-corrected chi connectivity index (χ1v) is 8.70. The number of benzene rings is 2. The maximum absolute atomic E-state index is 13.6. The zero-order chi connectivity index (χ0) is 16.7. The molecular formula is C20H17FN2S. The van der Waals surface area contributed by atoms with Crippen LogP contribution in [0.3, 0.4) is 0 Å². The number of rotatable bonds is 3. The first-order valence-electron chi connectivity index (χ1n) is 7.88. The molecule has 4 heteroatoms. The van der Waals surface area contributed by atoms with Crippen LogP contribution in [-0.4, -0.2) is 9.55 Å². The van der Waals surface area contributed by atoms with Gasteiger partial charge in [-0.2, -0.15) is 0 Å². The lowest BCUT2D eigenvalue weighted by atomic mass is 10.1. The molecule has 2 aromatic carbocycles. The van der Waals surface area contributed by atoms with Crippen molar-refractivity contribution in [3.05, 3.63) is 76.4 Å². The van der Waals surface area contributed by atoms with Crippen LogP contribution in [0.15, 0.2) is 54.6 Å². The first kappa shape index (κ1) is 15.1. The Bertz CT molecular complexity index is 1010. The van der Waals surface area contributed by atoms with Crippen LogP contribution in [0.4, 0.5) is 4.39 Å². The molecule has 4 rings (SSSR count). The normalized spacial score (nSPS) is 11.3. The lowest BCUT2D eigenvalue weighted by Gasteiger charge is -2.09. The van der Waals surface area contributed by atoms with E-state index >= 15 is 0 Å². The average molecular weight is 336 g/mol. The maximum Gasteiger partial charge on any atom is 0.151 e. The average Bonchev–Trinajstić information content (AvgIpc) is 3.13. The third kappa shape index (κ3) is 2.74. The molecule has 0 aliphatic rings. The zero-order valence-corrected chi connectivity index (χ0v) is 14.4. The van der Waals surface area contributed by atoms with Gasteiger partial charge in [-0.05, 0) is 43.7 Å². The molecule has 0 saturated heterocycles. The third-order valence-corrected chi connectivity index (χ3v) is 5.13. The number of imidazole rings is 1. The van der Waals surface area contributed by atoms with Crippen molar-refractivity contribution in [2.45, 2.75) is 20.4 Å². The predicted octanol–water partition coefficient (Wildman–Crippen LogP) is 5.57. The van der Waals surface area contributed by atoms with Crippen molar-refractivity contribution < 1.29 is 4.39 Å². The summed E-state index contributed by atoms with van der Waals surface area (Å²) < 4.78 is 15.8. The van der Waals surface area contributed by atoms with Crippen molar-refractivity contribution in [3.63, 3.8) is 0 Å². The zero-order valence-electron chi connectivity index (χ0n) is 13.6. The topological polar surface area (TPSA) is 17.8 Å². The lowest BCUT2D eigenvalue weighted by molar-refractivity contribution is 0.629. The Kier molecular flexibility index (Phi) is 3.69. The smallest absolute Gasteiger partial charge is 0.151 e. The van der Waals surface area contributed by atoms with Crippen LogP contribution >= 0.6 is 11.3 Å². The van der Waals surface area contributed by atoms with Crippen LogP contribution in [0.1, 0.15) is 16.0 Å². The molecule has 2 nitrogen and oxygen atoms in total. The largest absolute Gasteiger partial charge is 0.319 e. The van der Waals surface area contributed by atoms with Gasteiger partial charge in [-0.25, -0.2) is 9.37 Å². The van der Waals surface area contributed by atoms with Crippen molar-refractivity contribution in [1.29, 1.82) is 0 Å². The van der Waals surface area contributed by atoms with Crippen LogP contribution < -0.4 is 0 Å². The molecule has 0 atom stereocenters. The van der Waals surface area contributed by atoms with Crippen molar-refractivity contribution in [2.75, 3.05) is 0 Å². The molecule has 2 aromatic heterocycles. The SMILES string of the molecule is Cc1ccc(Cn2c(-c3ccc(C)s3)nc3cc(F)ccc32)cc1. The number of aryl methyl sites for hydroxylation is 2. The van der Waals surface area contributed by atoms with Gasteiger partial charge >= 0.3 is 0 Å². The van der Waals surface area contributed by atoms with Gasteiger partial charge in [0.2, 0.25) is 0 Å². The molecule has 24 heavy (non-hydrogen) atoms. The Morgan fingerprint density at radius 3 is 2.50 bits per heavy atom. The molecule has 0 spiro atoms. The summed E-state index contributed by atoms with van der Waals surface area (Å²) in [5, 5.41) is 0. The van der Waals surface area contributed by atoms with E-state index in [4.69, 9.17) is 4.98 Å². The molecule has 0 radical (unpaired) electrons. The molecule has 0 aliphatic heterocycles. The molecule has 0 amide bonds. The van der Waals surface area contributed by atoms with Gasteiger partial charge in [-0.3, -0.25) is 0 Å². The van der Waals surface area contributed by atoms with Crippen molar-refractivity contribution >= 4 is 22.4 Å². The van der Waals surface area contributed by atoms with Crippen LogP contribution in [-0.2, 0) is 6.54 Å². The Balaban J connectivity index is 1.88. The summed E-state index contributed by atoms with van der Waals surface area (Å²) in [6, 6.07) is 17.5. The summed E-state index contributed by atoms with van der Waals surface area (Å²) >= 11 is 1.71. The number of aromatic nitrogens is 2. The summed E-state index contributed by atoms with van der Waals surface area (Å²) in [7, 11) is 0. The number of thiophene rings is 1. The first-order chi connectivity index (χ1) is 11.6. The number of nitrogens with zero attached hydrogens (tertiary/aromatic N) is 2. The van der Waals surface area contributed by atoms with Gasteiger partial charge in [-0.15, -0.1) is 11.3 Å². The highest BCUT2D eigenvalue weighted by molar-refractivity contribution is 7.15. The highest BCUT2D eigenvalue weighted by atomic mass is 32.1. The van der Waals surface area contributed by atoms with E-state index in [1.807, 2.05) is 6.07 Å². The Hall–Kier alpha value is -2.46. The van der Waals surface area contributed by atoms with Crippen LogP contribution in [0.2, 0.25) is 0 Å². The summed E-state index contributed by atoms with van der Waals surface area (Å²) in [5.41, 5.74) is 4.10. The van der Waals surface area contributed by atoms with Crippen molar-refractivity contribution in [2.24, 2.45) is 0 Å². The van der Waals surface area contributed by atoms with E-state index in [0.29, 0.717) is 12.1 Å². The third-order valence-electron chi connectivity index (χ3n) is 4.13. The molecule has 0 bridgehead atoms. The summed E-state index contributed by atoms with van der Waals surface area (Å²) in [6.45, 7) is 4.88. The minimum Gasteiger partial charge on any atom is -0.319 e. The van der Waals surface area contributed by atoms with E-state index in [9.17, 15) is 4.39 Å². The van der Waals surface area contributed by atoms with E-state index in [2.05, 4.69) is 54.8 Å². The summed E-state index contributed by atoms with van der Waals surface area (Å²) in [5.74, 6) is 0.644. The minimum atomic E-state index is -0.253. The van der Waals surface area contributed by atoms with Gasteiger partial charge in [0.15, 0.2) is 5.82 Å². The highest BCUT2D eigenvalue weighted by Crippen LogP contribution is 2.31. The molecule has 0 N–H and O–H groups in total. The molecule has 0 saturated carbocycles. The molecule has 0 aliphatic carbocycles. The van der Waals surface area contributed by atoms with Crippen molar-refractivity contribution in [1.82, 2.24) is 9.55 Å². The fourth-order valence-electron chi connectivity index (χ4n) is 2.88. The fraction of sp³-hybridized carbons (Fsp3) is 0.150. The number of halogens is 1. The molecule has 120 valence electrons. The molecule has 0 fully saturated rings. The molecule has 0 unspecified atom stereocenters. The second-order valence-corrected chi connectivity index (χ2v) is 7.34. The van der Waals surface area contributed by atoms with E-state index in [0.717, 1.165) is 16.2 Å². The quantitative estimate of drug-likeness (QED) is 0.478. The Labute approximate surface area is 144 Å². The van der Waals surface area contributed by atoms with Crippen molar-refractivity contribution in [3.8, 4) is 10.7 Å². The van der Waals surface area contributed by atoms with Gasteiger partial charge in [-0.1, -0.05) is 29.8 Å². The standard InChI is InChI=1S/C20H17FN2S/c1-13-3-6-15(7-4-13)12-23-18-9-8-16(21)11-17(18)22-20(23)19-10-5-14(2)24-19/h3-11H,12H2,1-2H3. The second-order valence-electron chi connectivity index (χ2n) is 6.05. The van der Waals surface area contributed by atoms with Gasteiger partial charge < -0.3 is 4.57 Å². The monoisotopic (exact) mass is 336 g/mol. The number of hydrogen-bond acceptors (Lipinski definition) is 2. The van der Waals surface area contributed by atoms with E-state index in [1.165, 1.54) is 28.1 Å². The van der Waals surface area contributed by atoms with Crippen LogP contribution in [0.5, 0.6) is 0 Å². The van der Waals surface area contributed by atoms with Gasteiger partial charge in [0.1, 0.15) is 5.82 Å². The number of fused-ring (bicyclic) bond motifs is 1. The minimum absolute atomic E-state index is 0.253. The van der Waals surface area contributed by atoms with E-state index in [-0.39, 0.29) is 5.82 Å². The van der Waals surface area contributed by atoms with E-state index < -0.39 is 0 Å². The highest BCUT2D eigenvalue weighted by Gasteiger charge is 2.15. The molecule has 4 aromatic rings. The maximum atomic E-state index is 13.6. The summed E-state index contributed by atoms with van der Waals surface area (Å²) in [4.78, 5) is 7.05.